The van der Waals surface area contributed by atoms with E-state index in [4.69, 9.17) is 22.7 Å². The maximum Gasteiger partial charge on any atom is 0.124 e. The van der Waals surface area contributed by atoms with E-state index in [9.17, 15) is 0 Å². The van der Waals surface area contributed by atoms with Gasteiger partial charge in [0.2, 0.25) is 0 Å². The Morgan fingerprint density at radius 1 is 1.24 bits per heavy atom. The highest BCUT2D eigenvalue weighted by atomic mass is 35.5. The quantitative estimate of drug-likeness (QED) is 0.651. The van der Waals surface area contributed by atoms with Gasteiger partial charge in [0.05, 0.1) is 5.69 Å². The summed E-state index contributed by atoms with van der Waals surface area (Å²) in [6, 6.07) is 13.9. The molecule has 1 aliphatic heterocycles. The fraction of sp³-hybridized carbons (Fsp3) is 0.235. The number of nitrogens with one attached hydrogen (secondary N) is 1. The van der Waals surface area contributed by atoms with Crippen LogP contribution < -0.4 is 10.6 Å². The van der Waals surface area contributed by atoms with Gasteiger partial charge in [0.15, 0.2) is 0 Å². The molecule has 1 unspecified atom stereocenters. The third kappa shape index (κ3) is 2.61. The molecule has 3 rings (SSSR count). The Kier molecular flexibility index (Phi) is 3.60. The first-order valence-electron chi connectivity index (χ1n) is 7.05. The van der Waals surface area contributed by atoms with Crippen molar-refractivity contribution in [2.75, 3.05) is 11.4 Å². The summed E-state index contributed by atoms with van der Waals surface area (Å²) in [5.74, 6) is 0.607. The molecule has 1 atom stereocenters. The van der Waals surface area contributed by atoms with Gasteiger partial charge in [0.1, 0.15) is 5.84 Å². The van der Waals surface area contributed by atoms with Crippen molar-refractivity contribution >= 4 is 28.8 Å². The van der Waals surface area contributed by atoms with Gasteiger partial charge in [-0.15, -0.1) is 0 Å². The molecule has 0 saturated carbocycles. The molecule has 21 heavy (non-hydrogen) atoms. The van der Waals surface area contributed by atoms with Gasteiger partial charge in [-0.05, 0) is 42.2 Å². The molecule has 2 aromatic carbocycles. The Morgan fingerprint density at radius 3 is 2.76 bits per heavy atom. The molecular formula is C17H18ClN3. The van der Waals surface area contributed by atoms with Crippen LogP contribution in [0.5, 0.6) is 0 Å². The summed E-state index contributed by atoms with van der Waals surface area (Å²) in [5, 5.41) is 8.47. The Labute approximate surface area is 129 Å². The van der Waals surface area contributed by atoms with Crippen LogP contribution in [0.3, 0.4) is 0 Å². The van der Waals surface area contributed by atoms with Crippen molar-refractivity contribution < 1.29 is 0 Å². The second-order valence-electron chi connectivity index (χ2n) is 5.62. The number of halogens is 1. The number of para-hydroxylation sites is 1. The zero-order chi connectivity index (χ0) is 15.0. The van der Waals surface area contributed by atoms with Crippen LogP contribution in [0.2, 0.25) is 5.02 Å². The van der Waals surface area contributed by atoms with Crippen molar-refractivity contribution in [3.8, 4) is 0 Å². The molecule has 0 fully saturated rings. The molecule has 4 heteroatoms. The maximum absolute atomic E-state index is 7.81. The van der Waals surface area contributed by atoms with Gasteiger partial charge in [-0.1, -0.05) is 36.7 Å². The minimum absolute atomic E-state index is 0.0670. The van der Waals surface area contributed by atoms with Crippen LogP contribution >= 0.6 is 11.6 Å². The highest BCUT2D eigenvalue weighted by Crippen LogP contribution is 2.37. The third-order valence-corrected chi connectivity index (χ3v) is 4.12. The van der Waals surface area contributed by atoms with E-state index in [1.54, 1.807) is 6.07 Å². The van der Waals surface area contributed by atoms with E-state index in [1.165, 1.54) is 11.3 Å². The highest BCUT2D eigenvalue weighted by molar-refractivity contribution is 6.31. The predicted octanol–water partition coefficient (Wildman–Crippen LogP) is 3.95. The summed E-state index contributed by atoms with van der Waals surface area (Å²) in [5.41, 5.74) is 9.88. The Hall–Kier alpha value is -2.00. The fourth-order valence-corrected chi connectivity index (χ4v) is 3.15. The van der Waals surface area contributed by atoms with Crippen molar-refractivity contribution in [3.63, 3.8) is 0 Å². The van der Waals surface area contributed by atoms with Gasteiger partial charge in [0, 0.05) is 22.8 Å². The number of rotatable bonds is 2. The van der Waals surface area contributed by atoms with E-state index in [-0.39, 0.29) is 5.84 Å². The molecule has 0 aromatic heterocycles. The van der Waals surface area contributed by atoms with E-state index in [0.717, 1.165) is 24.2 Å². The molecule has 1 heterocycles. The Morgan fingerprint density at radius 2 is 2.00 bits per heavy atom. The second kappa shape index (κ2) is 5.41. The van der Waals surface area contributed by atoms with E-state index in [0.29, 0.717) is 10.9 Å². The summed E-state index contributed by atoms with van der Waals surface area (Å²) in [6.07, 6.45) is 1.07. The van der Waals surface area contributed by atoms with E-state index in [1.807, 2.05) is 18.2 Å². The third-order valence-electron chi connectivity index (χ3n) is 3.89. The first kappa shape index (κ1) is 14.0. The molecule has 1 aliphatic rings. The van der Waals surface area contributed by atoms with Crippen LogP contribution in [-0.2, 0) is 6.42 Å². The fourth-order valence-electron chi connectivity index (χ4n) is 2.98. The van der Waals surface area contributed by atoms with Gasteiger partial charge >= 0.3 is 0 Å². The first-order valence-corrected chi connectivity index (χ1v) is 7.43. The Balaban J connectivity index is 2.17. The van der Waals surface area contributed by atoms with Crippen LogP contribution in [0.25, 0.3) is 0 Å². The van der Waals surface area contributed by atoms with Gasteiger partial charge in [-0.2, -0.15) is 0 Å². The molecule has 0 radical (unpaired) electrons. The minimum Gasteiger partial charge on any atom is -0.384 e. The molecule has 0 amide bonds. The standard InChI is InChI=1S/C17H18ClN3/c1-11-8-12-4-2-3-5-15(12)21(10-11)16-9-13(18)6-7-14(16)17(19)20/h2-7,9,11H,8,10H2,1H3,(H3,19,20). The van der Waals surface area contributed by atoms with Gasteiger partial charge < -0.3 is 10.6 Å². The molecule has 0 saturated heterocycles. The van der Waals surface area contributed by atoms with Crippen molar-refractivity contribution in [1.29, 1.82) is 5.41 Å². The van der Waals surface area contributed by atoms with Gasteiger partial charge in [-0.25, -0.2) is 0 Å². The Bertz CT molecular complexity index is 696. The van der Waals surface area contributed by atoms with Crippen LogP contribution in [0, 0.1) is 11.3 Å². The lowest BCUT2D eigenvalue weighted by Crippen LogP contribution is -2.32. The summed E-state index contributed by atoms with van der Waals surface area (Å²) < 4.78 is 0. The zero-order valence-corrected chi connectivity index (χ0v) is 12.7. The van der Waals surface area contributed by atoms with E-state index < -0.39 is 0 Å². The smallest absolute Gasteiger partial charge is 0.124 e. The van der Waals surface area contributed by atoms with E-state index >= 15 is 0 Å². The topological polar surface area (TPSA) is 53.1 Å². The number of hydrogen-bond donors (Lipinski definition) is 2. The largest absolute Gasteiger partial charge is 0.384 e. The summed E-state index contributed by atoms with van der Waals surface area (Å²) in [7, 11) is 0. The molecule has 0 bridgehead atoms. The van der Waals surface area contributed by atoms with Crippen molar-refractivity contribution in [1.82, 2.24) is 0 Å². The van der Waals surface area contributed by atoms with Crippen LogP contribution in [0.15, 0.2) is 42.5 Å². The second-order valence-corrected chi connectivity index (χ2v) is 6.06. The summed E-state index contributed by atoms with van der Waals surface area (Å²) >= 11 is 6.17. The predicted molar refractivity (Wildman–Crippen MR) is 88.8 cm³/mol. The average Bonchev–Trinajstić information content (AvgIpc) is 2.45. The maximum atomic E-state index is 7.81. The van der Waals surface area contributed by atoms with Gasteiger partial charge in [0.25, 0.3) is 0 Å². The number of fused-ring (bicyclic) bond motifs is 1. The van der Waals surface area contributed by atoms with Crippen LogP contribution in [0.1, 0.15) is 18.1 Å². The first-order chi connectivity index (χ1) is 10.1. The average molecular weight is 300 g/mol. The number of nitrogens with two attached hydrogens (primary N) is 1. The van der Waals surface area contributed by atoms with Gasteiger partial charge in [-0.3, -0.25) is 5.41 Å². The van der Waals surface area contributed by atoms with Crippen molar-refractivity contribution in [2.24, 2.45) is 11.7 Å². The summed E-state index contributed by atoms with van der Waals surface area (Å²) in [6.45, 7) is 3.14. The highest BCUT2D eigenvalue weighted by Gasteiger charge is 2.24. The van der Waals surface area contributed by atoms with Crippen LogP contribution in [0.4, 0.5) is 11.4 Å². The monoisotopic (exact) mass is 299 g/mol. The normalized spacial score (nSPS) is 17.4. The number of nitrogen functional groups attached to an aromatic ring is 1. The molecule has 3 nitrogen and oxygen atoms in total. The number of nitrogens with zero attached hydrogens (tertiary/aromatic N) is 1. The lowest BCUT2D eigenvalue weighted by Gasteiger charge is -2.36. The number of anilines is 2. The molecule has 2 aromatic rings. The number of hydrogen-bond acceptors (Lipinski definition) is 2. The number of benzene rings is 2. The van der Waals surface area contributed by atoms with Crippen molar-refractivity contribution in [3.05, 3.63) is 58.6 Å². The molecule has 108 valence electrons. The molecular weight excluding hydrogens is 282 g/mol. The lowest BCUT2D eigenvalue weighted by molar-refractivity contribution is 0.562. The molecule has 0 spiro atoms. The molecule has 0 aliphatic carbocycles. The SMILES string of the molecule is CC1Cc2ccccc2N(c2cc(Cl)ccc2C(=N)N)C1. The van der Waals surface area contributed by atoms with Crippen molar-refractivity contribution in [2.45, 2.75) is 13.3 Å². The number of amidine groups is 1. The molecule has 3 N–H and O–H groups in total. The minimum atomic E-state index is 0.0670. The zero-order valence-electron chi connectivity index (χ0n) is 11.9. The lowest BCUT2D eigenvalue weighted by atomic mass is 9.93. The van der Waals surface area contributed by atoms with E-state index in [2.05, 4.69) is 30.0 Å². The summed E-state index contributed by atoms with van der Waals surface area (Å²) in [4.78, 5) is 2.23. The van der Waals surface area contributed by atoms with Crippen LogP contribution in [-0.4, -0.2) is 12.4 Å².